The zero-order valence-electron chi connectivity index (χ0n) is 14.4. The molecular formula is C14H25N5O5. The van der Waals surface area contributed by atoms with E-state index in [1.807, 2.05) is 0 Å². The number of nitrogens with one attached hydrogen (secondary N) is 1. The van der Waals surface area contributed by atoms with Crippen LogP contribution in [0.4, 0.5) is 17.3 Å². The minimum atomic E-state index is -0.472. The normalized spacial score (nSPS) is 10.6. The van der Waals surface area contributed by atoms with Crippen LogP contribution in [0.3, 0.4) is 0 Å². The van der Waals surface area contributed by atoms with E-state index in [-0.39, 0.29) is 17.3 Å². The van der Waals surface area contributed by atoms with Gasteiger partial charge in [0.05, 0.1) is 18.1 Å². The maximum atomic E-state index is 11.6. The molecule has 24 heavy (non-hydrogen) atoms. The molecule has 1 aromatic rings. The van der Waals surface area contributed by atoms with Gasteiger partial charge in [-0.2, -0.15) is 0 Å². The second-order valence-corrected chi connectivity index (χ2v) is 4.90. The maximum absolute atomic E-state index is 11.6. The van der Waals surface area contributed by atoms with Gasteiger partial charge in [-0.05, 0) is 6.42 Å². The minimum Gasteiger partial charge on any atom is -0.385 e. The van der Waals surface area contributed by atoms with Crippen LogP contribution in [-0.4, -0.2) is 75.7 Å². The quantitative estimate of drug-likeness (QED) is 0.317. The standard InChI is InChI=1S/C14H25N5O5/c1-22-8-4-5-15-13-12(19(20)21)14(17-11-16-13)18(6-9-23-2)7-10-24-3/h11H,4-10H2,1-3H3,(H,15,16,17). The predicted octanol–water partition coefficient (Wildman–Crippen LogP) is 0.932. The number of nitrogens with zero attached hydrogens (tertiary/aromatic N) is 4. The lowest BCUT2D eigenvalue weighted by Gasteiger charge is -2.23. The van der Waals surface area contributed by atoms with Crippen molar-refractivity contribution in [1.29, 1.82) is 0 Å². The lowest BCUT2D eigenvalue weighted by Crippen LogP contribution is -2.32. The summed E-state index contributed by atoms with van der Waals surface area (Å²) in [5, 5.41) is 14.5. The molecule has 10 nitrogen and oxygen atoms in total. The van der Waals surface area contributed by atoms with Gasteiger partial charge in [-0.3, -0.25) is 10.1 Å². The van der Waals surface area contributed by atoms with Crippen molar-refractivity contribution < 1.29 is 19.1 Å². The lowest BCUT2D eigenvalue weighted by atomic mass is 10.3. The minimum absolute atomic E-state index is 0.151. The fraction of sp³-hybridized carbons (Fsp3) is 0.714. The Morgan fingerprint density at radius 2 is 1.75 bits per heavy atom. The van der Waals surface area contributed by atoms with Crippen molar-refractivity contribution in [3.05, 3.63) is 16.4 Å². The molecule has 136 valence electrons. The largest absolute Gasteiger partial charge is 0.385 e. The molecule has 0 aliphatic carbocycles. The first-order chi connectivity index (χ1) is 11.7. The summed E-state index contributed by atoms with van der Waals surface area (Å²) in [6, 6.07) is 0. The van der Waals surface area contributed by atoms with E-state index in [1.165, 1.54) is 6.33 Å². The summed E-state index contributed by atoms with van der Waals surface area (Å²) in [6.07, 6.45) is 2.03. The highest BCUT2D eigenvalue weighted by Crippen LogP contribution is 2.31. The molecule has 0 aliphatic rings. The molecule has 0 fully saturated rings. The molecule has 0 unspecified atom stereocenters. The summed E-state index contributed by atoms with van der Waals surface area (Å²) >= 11 is 0. The third kappa shape index (κ3) is 6.22. The number of rotatable bonds is 13. The van der Waals surface area contributed by atoms with Crippen molar-refractivity contribution in [2.24, 2.45) is 0 Å². The number of hydrogen-bond acceptors (Lipinski definition) is 9. The van der Waals surface area contributed by atoms with Crippen LogP contribution in [0.2, 0.25) is 0 Å². The molecule has 0 spiro atoms. The van der Waals surface area contributed by atoms with Crippen molar-refractivity contribution >= 4 is 17.3 Å². The van der Waals surface area contributed by atoms with Crippen LogP contribution in [0, 0.1) is 10.1 Å². The van der Waals surface area contributed by atoms with Gasteiger partial charge in [0.2, 0.25) is 11.6 Å². The molecule has 0 radical (unpaired) electrons. The maximum Gasteiger partial charge on any atom is 0.353 e. The monoisotopic (exact) mass is 343 g/mol. The van der Waals surface area contributed by atoms with E-state index in [2.05, 4.69) is 15.3 Å². The van der Waals surface area contributed by atoms with Gasteiger partial charge >= 0.3 is 5.69 Å². The first kappa shape index (κ1) is 20.0. The number of nitro groups is 1. The fourth-order valence-electron chi connectivity index (χ4n) is 2.05. The molecule has 0 saturated carbocycles. The fourth-order valence-corrected chi connectivity index (χ4v) is 2.05. The first-order valence-corrected chi connectivity index (χ1v) is 7.60. The molecule has 0 atom stereocenters. The van der Waals surface area contributed by atoms with E-state index < -0.39 is 4.92 Å². The van der Waals surface area contributed by atoms with Gasteiger partial charge in [0.25, 0.3) is 0 Å². The summed E-state index contributed by atoms with van der Waals surface area (Å²) in [5.41, 5.74) is -0.151. The molecule has 1 N–H and O–H groups in total. The number of anilines is 2. The summed E-state index contributed by atoms with van der Waals surface area (Å²) in [6.45, 7) is 2.83. The van der Waals surface area contributed by atoms with E-state index >= 15 is 0 Å². The Balaban J connectivity index is 3.02. The van der Waals surface area contributed by atoms with Crippen molar-refractivity contribution in [2.45, 2.75) is 6.42 Å². The molecule has 0 saturated heterocycles. The van der Waals surface area contributed by atoms with Gasteiger partial charge < -0.3 is 24.4 Å². The average molecular weight is 343 g/mol. The average Bonchev–Trinajstić information content (AvgIpc) is 2.58. The Morgan fingerprint density at radius 3 is 2.29 bits per heavy atom. The molecule has 1 aromatic heterocycles. The van der Waals surface area contributed by atoms with Gasteiger partial charge in [-0.25, -0.2) is 9.97 Å². The summed E-state index contributed by atoms with van der Waals surface area (Å²) < 4.78 is 15.1. The van der Waals surface area contributed by atoms with E-state index in [0.717, 1.165) is 0 Å². The van der Waals surface area contributed by atoms with Crippen molar-refractivity contribution in [2.75, 3.05) is 71.0 Å². The molecule has 1 rings (SSSR count). The van der Waals surface area contributed by atoms with Crippen LogP contribution in [0.1, 0.15) is 6.42 Å². The van der Waals surface area contributed by atoms with E-state index in [1.54, 1.807) is 26.2 Å². The Bertz CT molecular complexity index is 494. The zero-order chi connectivity index (χ0) is 17.8. The molecular weight excluding hydrogens is 318 g/mol. The Labute approximate surface area is 141 Å². The molecule has 1 heterocycles. The van der Waals surface area contributed by atoms with Crippen LogP contribution >= 0.6 is 0 Å². The third-order valence-electron chi connectivity index (χ3n) is 3.23. The number of hydrogen-bond donors (Lipinski definition) is 1. The molecule has 0 aromatic carbocycles. The highest BCUT2D eigenvalue weighted by atomic mass is 16.6. The summed E-state index contributed by atoms with van der Waals surface area (Å²) in [7, 11) is 4.76. The molecule has 0 aliphatic heterocycles. The third-order valence-corrected chi connectivity index (χ3v) is 3.23. The van der Waals surface area contributed by atoms with Crippen molar-refractivity contribution in [3.8, 4) is 0 Å². The van der Waals surface area contributed by atoms with Crippen LogP contribution in [-0.2, 0) is 14.2 Å². The van der Waals surface area contributed by atoms with Crippen molar-refractivity contribution in [3.63, 3.8) is 0 Å². The Morgan fingerprint density at radius 1 is 1.12 bits per heavy atom. The predicted molar refractivity (Wildman–Crippen MR) is 89.6 cm³/mol. The second-order valence-electron chi connectivity index (χ2n) is 4.90. The molecule has 0 bridgehead atoms. The van der Waals surface area contributed by atoms with Gasteiger partial charge in [0.15, 0.2) is 0 Å². The van der Waals surface area contributed by atoms with E-state index in [9.17, 15) is 10.1 Å². The Hall–Kier alpha value is -2.04. The lowest BCUT2D eigenvalue weighted by molar-refractivity contribution is -0.383. The van der Waals surface area contributed by atoms with Gasteiger partial charge in [-0.1, -0.05) is 0 Å². The van der Waals surface area contributed by atoms with Gasteiger partial charge in [0.1, 0.15) is 6.33 Å². The second kappa shape index (κ2) is 11.5. The Kier molecular flexibility index (Phi) is 9.58. The number of ether oxygens (including phenoxy) is 3. The number of methoxy groups -OCH3 is 3. The number of aromatic nitrogens is 2. The van der Waals surface area contributed by atoms with E-state index in [0.29, 0.717) is 45.9 Å². The van der Waals surface area contributed by atoms with Gasteiger partial charge in [0, 0.05) is 47.6 Å². The summed E-state index contributed by atoms with van der Waals surface area (Å²) in [4.78, 5) is 21.0. The van der Waals surface area contributed by atoms with E-state index in [4.69, 9.17) is 14.2 Å². The highest BCUT2D eigenvalue weighted by Gasteiger charge is 2.26. The van der Waals surface area contributed by atoms with Gasteiger partial charge in [-0.15, -0.1) is 0 Å². The smallest absolute Gasteiger partial charge is 0.353 e. The van der Waals surface area contributed by atoms with Crippen molar-refractivity contribution in [1.82, 2.24) is 9.97 Å². The highest BCUT2D eigenvalue weighted by molar-refractivity contribution is 5.70. The molecule has 10 heteroatoms. The van der Waals surface area contributed by atoms with Crippen LogP contribution in [0.25, 0.3) is 0 Å². The SMILES string of the molecule is COCCCNc1ncnc(N(CCOC)CCOC)c1[N+](=O)[O-]. The van der Waals surface area contributed by atoms with Crippen LogP contribution in [0.15, 0.2) is 6.33 Å². The van der Waals surface area contributed by atoms with Crippen LogP contribution < -0.4 is 10.2 Å². The first-order valence-electron chi connectivity index (χ1n) is 7.60. The molecule has 0 amide bonds. The van der Waals surface area contributed by atoms with Crippen LogP contribution in [0.5, 0.6) is 0 Å². The topological polar surface area (TPSA) is 112 Å². The summed E-state index contributed by atoms with van der Waals surface area (Å²) in [5.74, 6) is 0.444. The zero-order valence-corrected chi connectivity index (χ0v) is 14.4.